The van der Waals surface area contributed by atoms with E-state index >= 15 is 0 Å². The second-order valence-electron chi connectivity index (χ2n) is 10.1. The zero-order valence-electron chi connectivity index (χ0n) is 24.3. The minimum atomic E-state index is -1.39. The lowest BCUT2D eigenvalue weighted by Gasteiger charge is -2.37. The number of rotatable bonds is 14. The van der Waals surface area contributed by atoms with Crippen molar-refractivity contribution in [1.82, 2.24) is 15.2 Å². The molecule has 0 saturated heterocycles. The van der Waals surface area contributed by atoms with E-state index < -0.39 is 17.4 Å². The monoisotopic (exact) mass is 581 g/mol. The highest BCUT2D eigenvalue weighted by molar-refractivity contribution is 6.04. The number of carbonyl (C=O) groups excluding carboxylic acids is 2. The Balaban J connectivity index is 1.54. The number of nitrogens with one attached hydrogen (secondary N) is 1. The Kier molecular flexibility index (Phi) is 10.3. The number of nitrogens with two attached hydrogens (primary N) is 2. The highest BCUT2D eigenvalue weighted by Crippen LogP contribution is 2.38. The average molecular weight is 582 g/mol. The van der Waals surface area contributed by atoms with Crippen LogP contribution in [0.5, 0.6) is 11.5 Å². The molecule has 0 aliphatic carbocycles. The largest absolute Gasteiger partial charge is 0.496 e. The highest BCUT2D eigenvalue weighted by atomic mass is 16.5. The van der Waals surface area contributed by atoms with Gasteiger partial charge in [0.05, 0.1) is 38.9 Å². The number of ether oxygens (including phenoxy) is 4. The van der Waals surface area contributed by atoms with E-state index in [-0.39, 0.29) is 31.9 Å². The lowest BCUT2D eigenvalue weighted by molar-refractivity contribution is -0.133. The molecule has 0 saturated carbocycles. The molecule has 5 N–H and O–H groups in total. The lowest BCUT2D eigenvalue weighted by Crippen LogP contribution is -2.61. The summed E-state index contributed by atoms with van der Waals surface area (Å²) in [7, 11) is 3.18. The van der Waals surface area contributed by atoms with Gasteiger partial charge in [0.25, 0.3) is 5.91 Å². The van der Waals surface area contributed by atoms with Crippen molar-refractivity contribution >= 4 is 22.8 Å². The molecule has 0 unspecified atom stereocenters. The molecule has 0 fully saturated rings. The van der Waals surface area contributed by atoms with Gasteiger partial charge in [0.1, 0.15) is 17.9 Å². The Morgan fingerprint density at radius 3 is 2.69 bits per heavy atom. The molecule has 1 atom stereocenters. The third-order valence-corrected chi connectivity index (χ3v) is 7.09. The molecule has 12 nitrogen and oxygen atoms in total. The molecule has 12 heteroatoms. The maximum atomic E-state index is 14.0. The zero-order chi connectivity index (χ0) is 30.1. The van der Waals surface area contributed by atoms with Gasteiger partial charge in [-0.05, 0) is 25.1 Å². The van der Waals surface area contributed by atoms with E-state index in [1.54, 1.807) is 33.4 Å². The van der Waals surface area contributed by atoms with Crippen molar-refractivity contribution in [2.75, 3.05) is 53.7 Å². The predicted octanol–water partition coefficient (Wildman–Crippen LogP) is 2.38. The SMILES string of the molecule is COCCOCCN(N)/C=C(\N)CCN1C(=O)c2oc3ccccc3c2OC[C@@]1(C)C(=O)NCc1ccccc1OC. The topological polar surface area (TPSA) is 155 Å². The van der Waals surface area contributed by atoms with Crippen molar-refractivity contribution in [3.05, 3.63) is 71.8 Å². The summed E-state index contributed by atoms with van der Waals surface area (Å²) in [5.74, 6) is 6.18. The number of hydrogen-bond donors (Lipinski definition) is 3. The first-order valence-electron chi connectivity index (χ1n) is 13.7. The fourth-order valence-corrected chi connectivity index (χ4v) is 4.69. The highest BCUT2D eigenvalue weighted by Gasteiger charge is 2.47. The normalized spacial score (nSPS) is 17.0. The van der Waals surface area contributed by atoms with Crippen LogP contribution in [0.15, 0.2) is 64.8 Å². The number of hydrazine groups is 1. The molecule has 1 aliphatic heterocycles. The molecule has 1 aromatic heterocycles. The number of methoxy groups -OCH3 is 2. The first-order chi connectivity index (χ1) is 20.3. The summed E-state index contributed by atoms with van der Waals surface area (Å²) >= 11 is 0. The van der Waals surface area contributed by atoms with Crippen LogP contribution in [0, 0.1) is 0 Å². The van der Waals surface area contributed by atoms with Crippen LogP contribution in [-0.2, 0) is 20.8 Å². The van der Waals surface area contributed by atoms with Crippen LogP contribution in [0.4, 0.5) is 0 Å². The van der Waals surface area contributed by atoms with Gasteiger partial charge >= 0.3 is 0 Å². The molecule has 4 rings (SSSR count). The number of furan rings is 1. The molecular formula is C30H39N5O7. The maximum Gasteiger partial charge on any atom is 0.294 e. The van der Waals surface area contributed by atoms with Crippen LogP contribution < -0.4 is 26.4 Å². The molecule has 0 radical (unpaired) electrons. The number of nitrogens with zero attached hydrogens (tertiary/aromatic N) is 2. The molecule has 2 heterocycles. The van der Waals surface area contributed by atoms with E-state index in [2.05, 4.69) is 5.32 Å². The Labute approximate surface area is 245 Å². The predicted molar refractivity (Wildman–Crippen MR) is 156 cm³/mol. The van der Waals surface area contributed by atoms with Gasteiger partial charge in [-0.1, -0.05) is 30.3 Å². The van der Waals surface area contributed by atoms with Gasteiger partial charge in [0.2, 0.25) is 11.7 Å². The third-order valence-electron chi connectivity index (χ3n) is 7.09. The Morgan fingerprint density at radius 1 is 1.14 bits per heavy atom. The fourth-order valence-electron chi connectivity index (χ4n) is 4.69. The van der Waals surface area contributed by atoms with Crippen molar-refractivity contribution in [3.63, 3.8) is 0 Å². The zero-order valence-corrected chi connectivity index (χ0v) is 24.3. The van der Waals surface area contributed by atoms with Crippen molar-refractivity contribution in [2.24, 2.45) is 11.6 Å². The Morgan fingerprint density at radius 2 is 1.90 bits per heavy atom. The maximum absolute atomic E-state index is 14.0. The first-order valence-corrected chi connectivity index (χ1v) is 13.7. The number of hydrogen-bond acceptors (Lipinski definition) is 10. The van der Waals surface area contributed by atoms with Crippen LogP contribution in [-0.4, -0.2) is 81.0 Å². The van der Waals surface area contributed by atoms with Gasteiger partial charge in [-0.25, -0.2) is 5.84 Å². The number of benzene rings is 2. The van der Waals surface area contributed by atoms with Crippen LogP contribution in [0.2, 0.25) is 0 Å². The van der Waals surface area contributed by atoms with Gasteiger partial charge in [-0.3, -0.25) is 9.59 Å². The minimum Gasteiger partial charge on any atom is -0.496 e. The lowest BCUT2D eigenvalue weighted by atomic mass is 9.98. The van der Waals surface area contributed by atoms with Crippen molar-refractivity contribution in [2.45, 2.75) is 25.4 Å². The Hall–Kier alpha value is -4.26. The van der Waals surface area contributed by atoms with Gasteiger partial charge in [-0.2, -0.15) is 0 Å². The summed E-state index contributed by atoms with van der Waals surface area (Å²) in [6.45, 7) is 3.64. The second-order valence-corrected chi connectivity index (χ2v) is 10.1. The summed E-state index contributed by atoms with van der Waals surface area (Å²) in [6, 6.07) is 14.6. The standard InChI is InChI=1S/C30H39N5O7/c1-30(29(37)33-18-21-8-4-6-10-24(21)39-3)20-41-26-23-9-5-7-11-25(23)42-27(26)28(36)35(30)13-12-22(31)19-34(32)14-15-40-17-16-38-2/h4-11,19H,12-18,20,31-32H2,1-3H3,(H,33,37)/b22-19-/t30-/m0/s1. The molecule has 226 valence electrons. The molecule has 0 spiro atoms. The summed E-state index contributed by atoms with van der Waals surface area (Å²) in [4.78, 5) is 29.2. The number of carbonyl (C=O) groups is 2. The van der Waals surface area contributed by atoms with E-state index in [4.69, 9.17) is 34.9 Å². The van der Waals surface area contributed by atoms with Crippen LogP contribution in [0.3, 0.4) is 0 Å². The summed E-state index contributed by atoms with van der Waals surface area (Å²) < 4.78 is 27.9. The van der Waals surface area contributed by atoms with E-state index in [0.29, 0.717) is 54.5 Å². The summed E-state index contributed by atoms with van der Waals surface area (Å²) in [5, 5.41) is 5.04. The molecule has 0 bridgehead atoms. The van der Waals surface area contributed by atoms with E-state index in [9.17, 15) is 9.59 Å². The molecule has 1 aliphatic rings. The number of amides is 2. The molecule has 42 heavy (non-hydrogen) atoms. The first kappa shape index (κ1) is 30.7. The number of fused-ring (bicyclic) bond motifs is 3. The molecule has 2 amide bonds. The molecular weight excluding hydrogens is 542 g/mol. The van der Waals surface area contributed by atoms with Crippen molar-refractivity contribution < 1.29 is 33.0 Å². The van der Waals surface area contributed by atoms with Crippen molar-refractivity contribution in [3.8, 4) is 11.5 Å². The molecule has 3 aromatic rings. The van der Waals surface area contributed by atoms with E-state index in [1.165, 1.54) is 9.91 Å². The minimum absolute atomic E-state index is 0.0358. The Bertz CT molecular complexity index is 1410. The van der Waals surface area contributed by atoms with Gasteiger partial charge in [0.15, 0.2) is 11.3 Å². The number of para-hydroxylation sites is 2. The average Bonchev–Trinajstić information content (AvgIpc) is 3.32. The fraction of sp³-hybridized carbons (Fsp3) is 0.400. The smallest absolute Gasteiger partial charge is 0.294 e. The third kappa shape index (κ3) is 6.96. The van der Waals surface area contributed by atoms with Gasteiger partial charge in [0, 0.05) is 44.1 Å². The molecule has 2 aromatic carbocycles. The van der Waals surface area contributed by atoms with Crippen LogP contribution in [0.25, 0.3) is 11.0 Å². The summed E-state index contributed by atoms with van der Waals surface area (Å²) in [5.41, 5.74) is 6.64. The summed E-state index contributed by atoms with van der Waals surface area (Å²) in [6.07, 6.45) is 1.83. The van der Waals surface area contributed by atoms with E-state index in [1.807, 2.05) is 42.5 Å². The van der Waals surface area contributed by atoms with E-state index in [0.717, 1.165) is 5.56 Å². The van der Waals surface area contributed by atoms with Gasteiger partial charge < -0.3 is 44.3 Å². The van der Waals surface area contributed by atoms with Crippen LogP contribution >= 0.6 is 0 Å². The van der Waals surface area contributed by atoms with Gasteiger partial charge in [-0.15, -0.1) is 0 Å². The van der Waals surface area contributed by atoms with Crippen molar-refractivity contribution in [1.29, 1.82) is 0 Å². The quantitative estimate of drug-likeness (QED) is 0.147. The second kappa shape index (κ2) is 14.1. The van der Waals surface area contributed by atoms with Crippen LogP contribution in [0.1, 0.15) is 29.5 Å².